The molecule has 0 aromatic heterocycles. The van der Waals surface area contributed by atoms with Crippen molar-refractivity contribution >= 4 is 23.1 Å². The lowest BCUT2D eigenvalue weighted by Gasteiger charge is -2.08. The molecule has 0 amide bonds. The van der Waals surface area contributed by atoms with Gasteiger partial charge in [-0.1, -0.05) is 11.6 Å². The van der Waals surface area contributed by atoms with Crippen LogP contribution in [0.2, 0.25) is 5.02 Å². The Labute approximate surface area is 122 Å². The third kappa shape index (κ3) is 2.70. The Morgan fingerprint density at radius 3 is 2.05 bits per heavy atom. The van der Waals surface area contributed by atoms with Crippen molar-refractivity contribution in [3.05, 3.63) is 52.5 Å². The molecule has 0 radical (unpaired) electrons. The van der Waals surface area contributed by atoms with Crippen LogP contribution in [0.1, 0.15) is 15.9 Å². The molecule has 0 heterocycles. The topological polar surface area (TPSA) is 61.5 Å². The quantitative estimate of drug-likeness (QED) is 0.694. The van der Waals surface area contributed by atoms with E-state index in [-0.39, 0.29) is 5.78 Å². The molecular weight excluding hydrogens is 278 g/mol. The van der Waals surface area contributed by atoms with Crippen molar-refractivity contribution < 1.29 is 14.3 Å². The van der Waals surface area contributed by atoms with Crippen LogP contribution in [0, 0.1) is 0 Å². The fourth-order valence-corrected chi connectivity index (χ4v) is 2.11. The highest BCUT2D eigenvalue weighted by atomic mass is 35.5. The number of ether oxygens (including phenoxy) is 2. The summed E-state index contributed by atoms with van der Waals surface area (Å²) in [6.07, 6.45) is 0. The minimum absolute atomic E-state index is 0.163. The minimum atomic E-state index is -0.163. The van der Waals surface area contributed by atoms with Crippen LogP contribution >= 0.6 is 11.6 Å². The molecule has 20 heavy (non-hydrogen) atoms. The Hall–Kier alpha value is -2.20. The van der Waals surface area contributed by atoms with Gasteiger partial charge < -0.3 is 15.2 Å². The van der Waals surface area contributed by atoms with Gasteiger partial charge in [0.05, 0.1) is 24.9 Å². The summed E-state index contributed by atoms with van der Waals surface area (Å²) in [5.74, 6) is 0.899. The van der Waals surface area contributed by atoms with E-state index in [1.807, 2.05) is 0 Å². The molecule has 5 heteroatoms. The van der Waals surface area contributed by atoms with E-state index < -0.39 is 0 Å². The second kappa shape index (κ2) is 5.84. The number of ketones is 1. The van der Waals surface area contributed by atoms with Crippen LogP contribution in [0.4, 0.5) is 5.69 Å². The summed E-state index contributed by atoms with van der Waals surface area (Å²) in [5, 5.41) is 0.389. The molecular formula is C15H14ClNO3. The van der Waals surface area contributed by atoms with Crippen molar-refractivity contribution in [2.75, 3.05) is 20.0 Å². The Bertz CT molecular complexity index is 600. The fourth-order valence-electron chi connectivity index (χ4n) is 1.85. The lowest BCUT2D eigenvalue weighted by Crippen LogP contribution is -2.03. The van der Waals surface area contributed by atoms with E-state index >= 15 is 0 Å². The number of hydrogen-bond acceptors (Lipinski definition) is 4. The van der Waals surface area contributed by atoms with Gasteiger partial charge in [-0.15, -0.1) is 0 Å². The summed E-state index contributed by atoms with van der Waals surface area (Å²) >= 11 is 6.02. The molecule has 2 N–H and O–H groups in total. The molecule has 2 rings (SSSR count). The number of methoxy groups -OCH3 is 2. The van der Waals surface area contributed by atoms with Crippen LogP contribution < -0.4 is 15.2 Å². The average Bonchev–Trinajstić information content (AvgIpc) is 2.46. The number of carbonyl (C=O) groups is 1. The number of nitrogen functional groups attached to an aromatic ring is 1. The molecule has 0 atom stereocenters. The zero-order valence-corrected chi connectivity index (χ0v) is 11.9. The normalized spacial score (nSPS) is 10.2. The summed E-state index contributed by atoms with van der Waals surface area (Å²) in [6.45, 7) is 0. The van der Waals surface area contributed by atoms with Crippen LogP contribution in [0.5, 0.6) is 11.5 Å². The summed E-state index contributed by atoms with van der Waals surface area (Å²) < 4.78 is 10.1. The first-order chi connectivity index (χ1) is 9.56. The van der Waals surface area contributed by atoms with Gasteiger partial charge in [0.2, 0.25) is 0 Å². The highest BCUT2D eigenvalue weighted by molar-refractivity contribution is 6.32. The van der Waals surface area contributed by atoms with E-state index in [9.17, 15) is 4.79 Å². The molecule has 0 bridgehead atoms. The maximum absolute atomic E-state index is 12.4. The van der Waals surface area contributed by atoms with E-state index in [2.05, 4.69) is 0 Å². The van der Waals surface area contributed by atoms with Gasteiger partial charge in [0.25, 0.3) is 0 Å². The van der Waals surface area contributed by atoms with Crippen molar-refractivity contribution in [3.8, 4) is 11.5 Å². The Morgan fingerprint density at radius 2 is 1.55 bits per heavy atom. The first kappa shape index (κ1) is 14.2. The molecule has 0 unspecified atom stereocenters. The maximum atomic E-state index is 12.4. The number of carbonyl (C=O) groups excluding carboxylic acids is 1. The van der Waals surface area contributed by atoms with Gasteiger partial charge in [-0.3, -0.25) is 4.79 Å². The number of nitrogens with two attached hydrogens (primary N) is 1. The van der Waals surface area contributed by atoms with E-state index in [1.165, 1.54) is 14.2 Å². The van der Waals surface area contributed by atoms with Gasteiger partial charge in [-0.25, -0.2) is 0 Å². The number of anilines is 1. The Balaban J connectivity index is 2.36. The molecule has 0 aliphatic heterocycles. The predicted octanol–water partition coefficient (Wildman–Crippen LogP) is 3.17. The van der Waals surface area contributed by atoms with Crippen LogP contribution in [-0.4, -0.2) is 20.0 Å². The van der Waals surface area contributed by atoms with Crippen molar-refractivity contribution in [2.24, 2.45) is 0 Å². The molecule has 0 saturated carbocycles. The standard InChI is InChI=1S/C15H14ClNO3/c1-19-13-5-3-9(7-11(13)16)15(18)10-4-6-14(20-2)12(17)8-10/h3-8H,17H2,1-2H3. The zero-order chi connectivity index (χ0) is 14.7. The molecule has 4 nitrogen and oxygen atoms in total. The number of hydrogen-bond donors (Lipinski definition) is 1. The van der Waals surface area contributed by atoms with Crippen LogP contribution in [0.3, 0.4) is 0 Å². The number of benzene rings is 2. The first-order valence-corrected chi connectivity index (χ1v) is 6.26. The number of halogens is 1. The van der Waals surface area contributed by atoms with Crippen molar-refractivity contribution in [1.82, 2.24) is 0 Å². The molecule has 0 saturated heterocycles. The molecule has 0 aliphatic rings. The summed E-state index contributed by atoms with van der Waals surface area (Å²) in [7, 11) is 3.04. The second-order valence-corrected chi connectivity index (χ2v) is 4.54. The Kier molecular flexibility index (Phi) is 4.15. The lowest BCUT2D eigenvalue weighted by molar-refractivity contribution is 0.103. The van der Waals surface area contributed by atoms with Gasteiger partial charge in [0.15, 0.2) is 5.78 Å². The SMILES string of the molecule is COc1ccc(C(=O)c2ccc(OC)c(Cl)c2)cc1N. The minimum Gasteiger partial charge on any atom is -0.495 e. The second-order valence-electron chi connectivity index (χ2n) is 4.14. The van der Waals surface area contributed by atoms with E-state index in [4.69, 9.17) is 26.8 Å². The van der Waals surface area contributed by atoms with Crippen LogP contribution in [0.25, 0.3) is 0 Å². The molecule has 104 valence electrons. The summed E-state index contributed by atoms with van der Waals surface area (Å²) in [5.41, 5.74) is 7.16. The molecule has 2 aromatic carbocycles. The molecule has 0 spiro atoms. The number of rotatable bonds is 4. The van der Waals surface area contributed by atoms with Gasteiger partial charge in [-0.05, 0) is 36.4 Å². The lowest BCUT2D eigenvalue weighted by atomic mass is 10.0. The summed E-state index contributed by atoms with van der Waals surface area (Å²) in [4.78, 5) is 12.4. The fraction of sp³-hybridized carbons (Fsp3) is 0.133. The summed E-state index contributed by atoms with van der Waals surface area (Å²) in [6, 6.07) is 9.79. The van der Waals surface area contributed by atoms with E-state index in [0.717, 1.165) is 0 Å². The van der Waals surface area contributed by atoms with E-state index in [0.29, 0.717) is 33.3 Å². The smallest absolute Gasteiger partial charge is 0.193 e. The van der Waals surface area contributed by atoms with Crippen LogP contribution in [0.15, 0.2) is 36.4 Å². The molecule has 0 aliphatic carbocycles. The van der Waals surface area contributed by atoms with Gasteiger partial charge >= 0.3 is 0 Å². The van der Waals surface area contributed by atoms with Gasteiger partial charge in [0, 0.05) is 11.1 Å². The van der Waals surface area contributed by atoms with Crippen LogP contribution in [-0.2, 0) is 0 Å². The van der Waals surface area contributed by atoms with Crippen molar-refractivity contribution in [1.29, 1.82) is 0 Å². The third-order valence-electron chi connectivity index (χ3n) is 2.91. The highest BCUT2D eigenvalue weighted by Crippen LogP contribution is 2.27. The third-order valence-corrected chi connectivity index (χ3v) is 3.20. The van der Waals surface area contributed by atoms with Crippen molar-refractivity contribution in [2.45, 2.75) is 0 Å². The predicted molar refractivity (Wildman–Crippen MR) is 78.8 cm³/mol. The van der Waals surface area contributed by atoms with Gasteiger partial charge in [-0.2, -0.15) is 0 Å². The monoisotopic (exact) mass is 291 g/mol. The average molecular weight is 292 g/mol. The van der Waals surface area contributed by atoms with E-state index in [1.54, 1.807) is 36.4 Å². The van der Waals surface area contributed by atoms with Gasteiger partial charge in [0.1, 0.15) is 11.5 Å². The van der Waals surface area contributed by atoms with Crippen molar-refractivity contribution in [3.63, 3.8) is 0 Å². The first-order valence-electron chi connectivity index (χ1n) is 5.88. The molecule has 2 aromatic rings. The zero-order valence-electron chi connectivity index (χ0n) is 11.1. The maximum Gasteiger partial charge on any atom is 0.193 e. The Morgan fingerprint density at radius 1 is 1.00 bits per heavy atom. The largest absolute Gasteiger partial charge is 0.495 e. The highest BCUT2D eigenvalue weighted by Gasteiger charge is 2.13. The molecule has 0 fully saturated rings.